The predicted octanol–water partition coefficient (Wildman–Crippen LogP) is 2.66. The molecular formula is C14H17N5. The molecule has 5 heteroatoms. The Labute approximate surface area is 112 Å². The number of H-pyrrole nitrogens is 1. The van der Waals surface area contributed by atoms with Crippen LogP contribution in [0.3, 0.4) is 0 Å². The molecule has 0 aliphatic heterocycles. The molecule has 2 heterocycles. The molecular weight excluding hydrogens is 238 g/mol. The summed E-state index contributed by atoms with van der Waals surface area (Å²) in [6.07, 6.45) is 5.91. The van der Waals surface area contributed by atoms with E-state index in [0.29, 0.717) is 11.3 Å². The van der Waals surface area contributed by atoms with Crippen LogP contribution in [0.1, 0.15) is 37.4 Å². The fourth-order valence-corrected chi connectivity index (χ4v) is 2.01. The van der Waals surface area contributed by atoms with Gasteiger partial charge in [-0.1, -0.05) is 19.8 Å². The van der Waals surface area contributed by atoms with E-state index in [4.69, 9.17) is 11.0 Å². The molecule has 0 fully saturated rings. The second-order valence-electron chi connectivity index (χ2n) is 4.44. The number of nitrogens with one attached hydrogen (secondary N) is 1. The number of nitriles is 1. The molecule has 0 aromatic carbocycles. The maximum absolute atomic E-state index is 9.16. The molecule has 0 aliphatic carbocycles. The van der Waals surface area contributed by atoms with Crippen molar-refractivity contribution in [3.63, 3.8) is 0 Å². The van der Waals surface area contributed by atoms with E-state index in [9.17, 15) is 0 Å². The highest BCUT2D eigenvalue weighted by atomic mass is 15.0. The number of rotatable bonds is 5. The third-order valence-electron chi connectivity index (χ3n) is 3.00. The molecule has 2 aromatic rings. The predicted molar refractivity (Wildman–Crippen MR) is 74.2 cm³/mol. The van der Waals surface area contributed by atoms with Gasteiger partial charge in [-0.05, 0) is 25.0 Å². The first-order valence-electron chi connectivity index (χ1n) is 6.45. The molecule has 0 radical (unpaired) electrons. The Hall–Kier alpha value is -2.35. The van der Waals surface area contributed by atoms with Crippen LogP contribution >= 0.6 is 0 Å². The first kappa shape index (κ1) is 13.1. The van der Waals surface area contributed by atoms with Crippen LogP contribution in [0.2, 0.25) is 0 Å². The number of nitrogens with two attached hydrogens (primary N) is 1. The fraction of sp³-hybridized carbons (Fsp3) is 0.357. The van der Waals surface area contributed by atoms with Crippen LogP contribution in [0.25, 0.3) is 11.4 Å². The molecule has 0 saturated heterocycles. The largest absolute Gasteiger partial charge is 0.368 e. The van der Waals surface area contributed by atoms with Gasteiger partial charge in [-0.3, -0.25) is 0 Å². The number of hydrogen-bond acceptors (Lipinski definition) is 4. The Morgan fingerprint density at radius 2 is 2.26 bits per heavy atom. The Morgan fingerprint density at radius 1 is 1.42 bits per heavy atom. The molecule has 0 unspecified atom stereocenters. The number of aryl methyl sites for hydroxylation is 1. The lowest BCUT2D eigenvalue weighted by molar-refractivity contribution is 0.709. The van der Waals surface area contributed by atoms with Gasteiger partial charge in [-0.25, -0.2) is 9.97 Å². The Balaban J connectivity index is 2.26. The van der Waals surface area contributed by atoms with Gasteiger partial charge < -0.3 is 10.7 Å². The highest BCUT2D eigenvalue weighted by molar-refractivity contribution is 5.60. The summed E-state index contributed by atoms with van der Waals surface area (Å²) in [4.78, 5) is 11.3. The summed E-state index contributed by atoms with van der Waals surface area (Å²) >= 11 is 0. The average Bonchev–Trinajstić information content (AvgIpc) is 2.82. The lowest BCUT2D eigenvalue weighted by Gasteiger charge is -1.99. The number of aromatic nitrogens is 3. The summed E-state index contributed by atoms with van der Waals surface area (Å²) in [6.45, 7) is 2.16. The van der Waals surface area contributed by atoms with E-state index in [1.807, 2.05) is 6.07 Å². The van der Waals surface area contributed by atoms with Gasteiger partial charge in [0.05, 0.1) is 17.0 Å². The minimum absolute atomic E-state index is 0.234. The standard InChI is InChI=1S/C14H17N5/c1-2-3-4-5-11-10(9-15)8-13(18-11)12-6-7-17-14(16)19-12/h6-8,18H,2-5H2,1H3,(H2,16,17,19). The highest BCUT2D eigenvalue weighted by Gasteiger charge is 2.10. The van der Waals surface area contributed by atoms with Gasteiger partial charge >= 0.3 is 0 Å². The van der Waals surface area contributed by atoms with E-state index in [1.54, 1.807) is 12.3 Å². The molecule has 19 heavy (non-hydrogen) atoms. The zero-order chi connectivity index (χ0) is 13.7. The molecule has 5 nitrogen and oxygen atoms in total. The number of nitrogens with zero attached hydrogens (tertiary/aromatic N) is 3. The van der Waals surface area contributed by atoms with Crippen molar-refractivity contribution in [2.75, 3.05) is 5.73 Å². The van der Waals surface area contributed by atoms with Crippen molar-refractivity contribution < 1.29 is 0 Å². The van der Waals surface area contributed by atoms with Crippen LogP contribution < -0.4 is 5.73 Å². The summed E-state index contributed by atoms with van der Waals surface area (Å²) < 4.78 is 0. The van der Waals surface area contributed by atoms with Gasteiger partial charge in [0.15, 0.2) is 0 Å². The first-order valence-corrected chi connectivity index (χ1v) is 6.45. The van der Waals surface area contributed by atoms with Crippen LogP contribution in [0.4, 0.5) is 5.95 Å². The molecule has 0 saturated carbocycles. The molecule has 0 atom stereocenters. The van der Waals surface area contributed by atoms with Gasteiger partial charge in [0.2, 0.25) is 5.95 Å². The van der Waals surface area contributed by atoms with E-state index in [-0.39, 0.29) is 5.95 Å². The van der Waals surface area contributed by atoms with Gasteiger partial charge in [0.1, 0.15) is 6.07 Å². The normalized spacial score (nSPS) is 10.3. The number of anilines is 1. The van der Waals surface area contributed by atoms with Gasteiger partial charge in [-0.2, -0.15) is 5.26 Å². The number of hydrogen-bond donors (Lipinski definition) is 2. The zero-order valence-corrected chi connectivity index (χ0v) is 11.0. The summed E-state index contributed by atoms with van der Waals surface area (Å²) in [6, 6.07) is 5.82. The molecule has 0 aliphatic rings. The van der Waals surface area contributed by atoms with E-state index in [1.165, 1.54) is 6.42 Å². The minimum Gasteiger partial charge on any atom is -0.368 e. The number of unbranched alkanes of at least 4 members (excludes halogenated alkanes) is 2. The summed E-state index contributed by atoms with van der Waals surface area (Å²) in [5.41, 5.74) is 8.76. The monoisotopic (exact) mass is 255 g/mol. The fourth-order valence-electron chi connectivity index (χ4n) is 2.01. The van der Waals surface area contributed by atoms with E-state index in [2.05, 4.69) is 27.9 Å². The lowest BCUT2D eigenvalue weighted by Crippen LogP contribution is -1.95. The number of aromatic amines is 1. The van der Waals surface area contributed by atoms with Crippen LogP contribution in [0.5, 0.6) is 0 Å². The molecule has 0 bridgehead atoms. The van der Waals surface area contributed by atoms with Crippen molar-refractivity contribution in [2.45, 2.75) is 32.6 Å². The van der Waals surface area contributed by atoms with Crippen molar-refractivity contribution in [1.82, 2.24) is 15.0 Å². The summed E-state index contributed by atoms with van der Waals surface area (Å²) in [5.74, 6) is 0.234. The van der Waals surface area contributed by atoms with Gasteiger partial charge in [0.25, 0.3) is 0 Å². The smallest absolute Gasteiger partial charge is 0.220 e. The summed E-state index contributed by atoms with van der Waals surface area (Å²) in [7, 11) is 0. The molecule has 2 aromatic heterocycles. The van der Waals surface area contributed by atoms with Crippen LogP contribution in [-0.4, -0.2) is 15.0 Å². The van der Waals surface area contributed by atoms with Crippen LogP contribution in [0.15, 0.2) is 18.3 Å². The second-order valence-corrected chi connectivity index (χ2v) is 4.44. The first-order chi connectivity index (χ1) is 9.24. The van der Waals surface area contributed by atoms with Crippen molar-refractivity contribution in [1.29, 1.82) is 5.26 Å². The van der Waals surface area contributed by atoms with Gasteiger partial charge in [0, 0.05) is 11.9 Å². The van der Waals surface area contributed by atoms with Crippen molar-refractivity contribution in [2.24, 2.45) is 0 Å². The maximum Gasteiger partial charge on any atom is 0.220 e. The van der Waals surface area contributed by atoms with Crippen LogP contribution in [0, 0.1) is 11.3 Å². The SMILES string of the molecule is CCCCCc1[nH]c(-c2ccnc(N)n2)cc1C#N. The Kier molecular flexibility index (Phi) is 4.14. The van der Waals surface area contributed by atoms with E-state index < -0.39 is 0 Å². The minimum atomic E-state index is 0.234. The van der Waals surface area contributed by atoms with Crippen molar-refractivity contribution in [3.8, 4) is 17.5 Å². The third-order valence-corrected chi connectivity index (χ3v) is 3.00. The average molecular weight is 255 g/mol. The second kappa shape index (κ2) is 6.01. The van der Waals surface area contributed by atoms with Crippen molar-refractivity contribution in [3.05, 3.63) is 29.6 Å². The quantitative estimate of drug-likeness (QED) is 0.803. The molecule has 3 N–H and O–H groups in total. The molecule has 98 valence electrons. The van der Waals surface area contributed by atoms with Crippen molar-refractivity contribution >= 4 is 5.95 Å². The van der Waals surface area contributed by atoms with Crippen LogP contribution in [-0.2, 0) is 6.42 Å². The Bertz CT molecular complexity index is 594. The third kappa shape index (κ3) is 3.10. The highest BCUT2D eigenvalue weighted by Crippen LogP contribution is 2.21. The Morgan fingerprint density at radius 3 is 2.95 bits per heavy atom. The number of nitrogen functional groups attached to an aromatic ring is 1. The zero-order valence-electron chi connectivity index (χ0n) is 11.0. The maximum atomic E-state index is 9.16. The molecule has 0 amide bonds. The van der Waals surface area contributed by atoms with Gasteiger partial charge in [-0.15, -0.1) is 0 Å². The van der Waals surface area contributed by atoms with E-state index >= 15 is 0 Å². The summed E-state index contributed by atoms with van der Waals surface area (Å²) in [5, 5.41) is 9.16. The lowest BCUT2D eigenvalue weighted by atomic mass is 10.1. The topological polar surface area (TPSA) is 91.4 Å². The molecule has 2 rings (SSSR count). The molecule has 0 spiro atoms. The van der Waals surface area contributed by atoms with E-state index in [0.717, 1.165) is 30.7 Å².